The largest absolute Gasteiger partial charge is 0.396 e. The maximum absolute atomic E-state index is 8.63. The zero-order valence-electron chi connectivity index (χ0n) is 8.11. The number of azide groups is 1. The highest BCUT2D eigenvalue weighted by Gasteiger charge is 1.98. The van der Waals surface area contributed by atoms with Gasteiger partial charge in [-0.15, -0.1) is 0 Å². The van der Waals surface area contributed by atoms with Crippen molar-refractivity contribution in [2.75, 3.05) is 26.2 Å². The maximum atomic E-state index is 8.63. The first-order valence-corrected chi connectivity index (χ1v) is 4.63. The summed E-state index contributed by atoms with van der Waals surface area (Å²) in [7, 11) is 0. The molecule has 5 heteroatoms. The fraction of sp³-hybridized carbons (Fsp3) is 1.00. The standard InChI is InChI=1S/C8H18N4O/c1-8(3-6-13)7-10-4-2-5-11-12-9/h8,10,13H,2-7H2,1H3/t8-/m0/s1. The monoisotopic (exact) mass is 186 g/mol. The number of aliphatic hydroxyl groups is 1. The van der Waals surface area contributed by atoms with Crippen molar-refractivity contribution in [1.29, 1.82) is 0 Å². The van der Waals surface area contributed by atoms with E-state index in [-0.39, 0.29) is 6.61 Å². The Morgan fingerprint density at radius 2 is 2.38 bits per heavy atom. The lowest BCUT2D eigenvalue weighted by Gasteiger charge is -2.09. The van der Waals surface area contributed by atoms with Gasteiger partial charge in [-0.1, -0.05) is 12.0 Å². The minimum absolute atomic E-state index is 0.252. The first kappa shape index (κ1) is 12.2. The van der Waals surface area contributed by atoms with Crippen molar-refractivity contribution in [3.63, 3.8) is 0 Å². The molecule has 0 unspecified atom stereocenters. The first-order chi connectivity index (χ1) is 6.31. The molecule has 0 spiro atoms. The molecule has 0 radical (unpaired) electrons. The summed E-state index contributed by atoms with van der Waals surface area (Å²) in [6, 6.07) is 0. The number of aliphatic hydroxyl groups excluding tert-OH is 1. The highest BCUT2D eigenvalue weighted by molar-refractivity contribution is 4.57. The Balaban J connectivity index is 3.10. The molecular weight excluding hydrogens is 168 g/mol. The van der Waals surface area contributed by atoms with Gasteiger partial charge in [0.15, 0.2) is 0 Å². The lowest BCUT2D eigenvalue weighted by molar-refractivity contribution is 0.260. The molecule has 0 heterocycles. The van der Waals surface area contributed by atoms with Crippen LogP contribution in [0.3, 0.4) is 0 Å². The lowest BCUT2D eigenvalue weighted by Crippen LogP contribution is -2.23. The van der Waals surface area contributed by atoms with Crippen LogP contribution in [0.1, 0.15) is 19.8 Å². The Hall–Kier alpha value is -0.770. The van der Waals surface area contributed by atoms with Crippen LogP contribution >= 0.6 is 0 Å². The summed E-state index contributed by atoms with van der Waals surface area (Å²) < 4.78 is 0. The molecule has 13 heavy (non-hydrogen) atoms. The van der Waals surface area contributed by atoms with Crippen molar-refractivity contribution in [2.45, 2.75) is 19.8 Å². The van der Waals surface area contributed by atoms with Gasteiger partial charge >= 0.3 is 0 Å². The van der Waals surface area contributed by atoms with Crippen LogP contribution in [0.5, 0.6) is 0 Å². The minimum atomic E-state index is 0.252. The van der Waals surface area contributed by atoms with Crippen LogP contribution in [0.15, 0.2) is 5.11 Å². The summed E-state index contributed by atoms with van der Waals surface area (Å²) >= 11 is 0. The van der Waals surface area contributed by atoms with Gasteiger partial charge in [-0.05, 0) is 37.4 Å². The molecule has 76 valence electrons. The zero-order chi connectivity index (χ0) is 9.94. The van der Waals surface area contributed by atoms with Gasteiger partial charge in [0.1, 0.15) is 0 Å². The molecule has 0 rings (SSSR count). The quantitative estimate of drug-likeness (QED) is 0.259. The van der Waals surface area contributed by atoms with Gasteiger partial charge < -0.3 is 10.4 Å². The molecule has 0 aromatic carbocycles. The van der Waals surface area contributed by atoms with Crippen LogP contribution in [0.4, 0.5) is 0 Å². The van der Waals surface area contributed by atoms with E-state index >= 15 is 0 Å². The van der Waals surface area contributed by atoms with E-state index in [0.29, 0.717) is 12.5 Å². The van der Waals surface area contributed by atoms with Crippen molar-refractivity contribution in [1.82, 2.24) is 5.32 Å². The molecule has 0 aromatic heterocycles. The summed E-state index contributed by atoms with van der Waals surface area (Å²) in [6.07, 6.45) is 1.71. The molecule has 2 N–H and O–H groups in total. The third kappa shape index (κ3) is 9.14. The minimum Gasteiger partial charge on any atom is -0.396 e. The van der Waals surface area contributed by atoms with Gasteiger partial charge in [0.05, 0.1) is 0 Å². The van der Waals surface area contributed by atoms with E-state index in [1.54, 1.807) is 0 Å². The van der Waals surface area contributed by atoms with E-state index in [2.05, 4.69) is 22.3 Å². The Labute approximate surface area is 78.8 Å². The molecule has 0 bridgehead atoms. The van der Waals surface area contributed by atoms with Crippen LogP contribution in [0.25, 0.3) is 10.4 Å². The van der Waals surface area contributed by atoms with Crippen molar-refractivity contribution in [2.24, 2.45) is 11.0 Å². The third-order valence-corrected chi connectivity index (χ3v) is 1.79. The Morgan fingerprint density at radius 3 is 3.00 bits per heavy atom. The summed E-state index contributed by atoms with van der Waals surface area (Å²) in [5.74, 6) is 0.504. The third-order valence-electron chi connectivity index (χ3n) is 1.79. The van der Waals surface area contributed by atoms with Crippen molar-refractivity contribution >= 4 is 0 Å². The second kappa shape index (κ2) is 9.32. The Morgan fingerprint density at radius 1 is 1.62 bits per heavy atom. The predicted octanol–water partition coefficient (Wildman–Crippen LogP) is 1.29. The zero-order valence-corrected chi connectivity index (χ0v) is 8.11. The SMILES string of the molecule is C[C@@H](CCO)CNCCCN=[N+]=[N-]. The first-order valence-electron chi connectivity index (χ1n) is 4.63. The van der Waals surface area contributed by atoms with Gasteiger partial charge in [-0.2, -0.15) is 0 Å². The number of hydrogen-bond donors (Lipinski definition) is 2. The fourth-order valence-electron chi connectivity index (χ4n) is 0.990. The van der Waals surface area contributed by atoms with Gasteiger partial charge in [0.25, 0.3) is 0 Å². The van der Waals surface area contributed by atoms with Crippen molar-refractivity contribution < 1.29 is 5.11 Å². The summed E-state index contributed by atoms with van der Waals surface area (Å²) in [6.45, 7) is 4.68. The predicted molar refractivity (Wildman–Crippen MR) is 52.4 cm³/mol. The van der Waals surface area contributed by atoms with Gasteiger partial charge in [0.2, 0.25) is 0 Å². The molecule has 0 aromatic rings. The number of nitrogens with one attached hydrogen (secondary N) is 1. The Bertz CT molecular complexity index is 156. The topological polar surface area (TPSA) is 81.0 Å². The van der Waals surface area contributed by atoms with Crippen LogP contribution < -0.4 is 5.32 Å². The molecule has 0 saturated carbocycles. The average molecular weight is 186 g/mol. The lowest BCUT2D eigenvalue weighted by atomic mass is 10.1. The smallest absolute Gasteiger partial charge is 0.0434 e. The van der Waals surface area contributed by atoms with E-state index in [1.165, 1.54) is 0 Å². The molecule has 0 aliphatic carbocycles. The van der Waals surface area contributed by atoms with E-state index in [0.717, 1.165) is 25.9 Å². The highest BCUT2D eigenvalue weighted by Crippen LogP contribution is 1.97. The van der Waals surface area contributed by atoms with Crippen LogP contribution in [0.2, 0.25) is 0 Å². The van der Waals surface area contributed by atoms with Crippen molar-refractivity contribution in [3.8, 4) is 0 Å². The van der Waals surface area contributed by atoms with Gasteiger partial charge in [-0.3, -0.25) is 0 Å². The molecular formula is C8H18N4O. The molecule has 0 saturated heterocycles. The second-order valence-electron chi connectivity index (χ2n) is 3.13. The highest BCUT2D eigenvalue weighted by atomic mass is 16.3. The molecule has 0 amide bonds. The molecule has 0 fully saturated rings. The number of nitrogens with zero attached hydrogens (tertiary/aromatic N) is 3. The van der Waals surface area contributed by atoms with E-state index in [1.807, 2.05) is 0 Å². The van der Waals surface area contributed by atoms with Gasteiger partial charge in [-0.25, -0.2) is 0 Å². The maximum Gasteiger partial charge on any atom is 0.0434 e. The van der Waals surface area contributed by atoms with E-state index < -0.39 is 0 Å². The Kier molecular flexibility index (Phi) is 8.77. The summed E-state index contributed by atoms with van der Waals surface area (Å²) in [4.78, 5) is 2.66. The number of rotatable bonds is 8. The van der Waals surface area contributed by atoms with Gasteiger partial charge in [0, 0.05) is 18.1 Å². The van der Waals surface area contributed by atoms with Crippen LogP contribution in [0, 0.1) is 5.92 Å². The second-order valence-corrected chi connectivity index (χ2v) is 3.13. The average Bonchev–Trinajstić information content (AvgIpc) is 2.11. The van der Waals surface area contributed by atoms with Crippen LogP contribution in [-0.2, 0) is 0 Å². The van der Waals surface area contributed by atoms with E-state index in [4.69, 9.17) is 10.6 Å². The normalized spacial score (nSPS) is 12.2. The van der Waals surface area contributed by atoms with Crippen LogP contribution in [-0.4, -0.2) is 31.3 Å². The summed E-state index contributed by atoms with van der Waals surface area (Å²) in [5.41, 5.74) is 7.99. The van der Waals surface area contributed by atoms with Crippen molar-refractivity contribution in [3.05, 3.63) is 10.4 Å². The molecule has 5 nitrogen and oxygen atoms in total. The molecule has 0 aliphatic heterocycles. The number of hydrogen-bond acceptors (Lipinski definition) is 3. The molecule has 1 atom stereocenters. The summed E-state index contributed by atoms with van der Waals surface area (Å²) in [5, 5.41) is 15.3. The fourth-order valence-corrected chi connectivity index (χ4v) is 0.990. The van der Waals surface area contributed by atoms with E-state index in [9.17, 15) is 0 Å². The molecule has 0 aliphatic rings.